The number of carboxylic acid groups (broad SMARTS) is 1. The second-order valence-electron chi connectivity index (χ2n) is 4.22. The highest BCUT2D eigenvalue weighted by molar-refractivity contribution is 9.10. The molecule has 0 bridgehead atoms. The first-order valence-corrected chi connectivity index (χ1v) is 6.89. The summed E-state index contributed by atoms with van der Waals surface area (Å²) in [5, 5.41) is 9.57. The van der Waals surface area contributed by atoms with Gasteiger partial charge < -0.3 is 5.11 Å². The summed E-state index contributed by atoms with van der Waals surface area (Å²) in [5.74, 6) is -0.969. The van der Waals surface area contributed by atoms with Gasteiger partial charge in [0.25, 0.3) is 0 Å². The zero-order valence-corrected chi connectivity index (χ0v) is 12.4. The van der Waals surface area contributed by atoms with E-state index in [2.05, 4.69) is 20.9 Å². The lowest BCUT2D eigenvalue weighted by atomic mass is 10.2. The molecule has 1 N–H and O–H groups in total. The monoisotopic (exact) mass is 350 g/mol. The predicted molar refractivity (Wildman–Crippen MR) is 80.7 cm³/mol. The van der Waals surface area contributed by atoms with Gasteiger partial charge in [-0.15, -0.1) is 0 Å². The SMILES string of the molecule is O=C(O)c1ccc2c(c1)ncn2-c1ccc(Br)cc1Cl. The highest BCUT2D eigenvalue weighted by Gasteiger charge is 2.10. The summed E-state index contributed by atoms with van der Waals surface area (Å²) in [6.07, 6.45) is 1.63. The minimum atomic E-state index is -0.969. The van der Waals surface area contributed by atoms with E-state index in [0.29, 0.717) is 10.5 Å². The van der Waals surface area contributed by atoms with Crippen molar-refractivity contribution >= 4 is 44.5 Å². The minimum absolute atomic E-state index is 0.213. The average molecular weight is 352 g/mol. The molecule has 20 heavy (non-hydrogen) atoms. The van der Waals surface area contributed by atoms with Crippen LogP contribution < -0.4 is 0 Å². The lowest BCUT2D eigenvalue weighted by Gasteiger charge is -2.07. The van der Waals surface area contributed by atoms with Crippen molar-refractivity contribution in [2.75, 3.05) is 0 Å². The van der Waals surface area contributed by atoms with Crippen LogP contribution in [0, 0.1) is 0 Å². The van der Waals surface area contributed by atoms with E-state index in [1.807, 2.05) is 16.7 Å². The van der Waals surface area contributed by atoms with Crippen molar-refractivity contribution in [3.63, 3.8) is 0 Å². The second kappa shape index (κ2) is 4.92. The van der Waals surface area contributed by atoms with Crippen LogP contribution >= 0.6 is 27.5 Å². The zero-order chi connectivity index (χ0) is 14.3. The van der Waals surface area contributed by atoms with Gasteiger partial charge in [-0.2, -0.15) is 0 Å². The minimum Gasteiger partial charge on any atom is -0.478 e. The van der Waals surface area contributed by atoms with Crippen molar-refractivity contribution in [2.24, 2.45) is 0 Å². The van der Waals surface area contributed by atoms with Gasteiger partial charge in [0.05, 0.1) is 27.3 Å². The standard InChI is InChI=1S/C14H8BrClN2O2/c15-9-2-4-12(10(16)6-9)18-7-17-11-5-8(14(19)20)1-3-13(11)18/h1-7H,(H,19,20). The zero-order valence-electron chi connectivity index (χ0n) is 10.0. The van der Waals surface area contributed by atoms with Gasteiger partial charge in [-0.05, 0) is 36.4 Å². The lowest BCUT2D eigenvalue weighted by molar-refractivity contribution is 0.0697. The molecule has 0 radical (unpaired) electrons. The summed E-state index contributed by atoms with van der Waals surface area (Å²) in [6, 6.07) is 10.4. The van der Waals surface area contributed by atoms with Gasteiger partial charge in [-0.25, -0.2) is 9.78 Å². The Bertz CT molecular complexity index is 829. The van der Waals surface area contributed by atoms with Crippen molar-refractivity contribution in [1.82, 2.24) is 9.55 Å². The molecule has 0 aliphatic rings. The van der Waals surface area contributed by atoms with E-state index < -0.39 is 5.97 Å². The molecule has 0 fully saturated rings. The van der Waals surface area contributed by atoms with Crippen LogP contribution in [0.1, 0.15) is 10.4 Å². The first-order valence-electron chi connectivity index (χ1n) is 5.72. The highest BCUT2D eigenvalue weighted by atomic mass is 79.9. The Morgan fingerprint density at radius 1 is 1.25 bits per heavy atom. The molecule has 0 atom stereocenters. The third-order valence-electron chi connectivity index (χ3n) is 2.96. The fourth-order valence-corrected chi connectivity index (χ4v) is 2.78. The van der Waals surface area contributed by atoms with Gasteiger partial charge in [0.1, 0.15) is 6.33 Å². The van der Waals surface area contributed by atoms with Gasteiger partial charge in [0.2, 0.25) is 0 Å². The van der Waals surface area contributed by atoms with E-state index in [1.165, 1.54) is 0 Å². The van der Waals surface area contributed by atoms with Crippen LogP contribution in [-0.2, 0) is 0 Å². The summed E-state index contributed by atoms with van der Waals surface area (Å²) in [4.78, 5) is 15.2. The predicted octanol–water partition coefficient (Wildman–Crippen LogP) is 4.14. The van der Waals surface area contributed by atoms with Crippen LogP contribution in [0.3, 0.4) is 0 Å². The maximum Gasteiger partial charge on any atom is 0.335 e. The van der Waals surface area contributed by atoms with Crippen molar-refractivity contribution in [3.05, 3.63) is 57.8 Å². The molecular formula is C14H8BrClN2O2. The Labute approximate surface area is 127 Å². The number of aromatic nitrogens is 2. The first-order chi connectivity index (χ1) is 9.56. The molecule has 0 unspecified atom stereocenters. The van der Waals surface area contributed by atoms with Gasteiger partial charge in [0.15, 0.2) is 0 Å². The van der Waals surface area contributed by atoms with E-state index in [0.717, 1.165) is 15.7 Å². The molecule has 1 aromatic heterocycles. The largest absolute Gasteiger partial charge is 0.478 e. The quantitative estimate of drug-likeness (QED) is 0.755. The Kier molecular flexibility index (Phi) is 3.23. The van der Waals surface area contributed by atoms with E-state index in [1.54, 1.807) is 30.6 Å². The molecule has 0 amide bonds. The number of nitrogens with zero attached hydrogens (tertiary/aromatic N) is 2. The fraction of sp³-hybridized carbons (Fsp3) is 0. The molecule has 1 heterocycles. The van der Waals surface area contributed by atoms with Crippen molar-refractivity contribution in [1.29, 1.82) is 0 Å². The fourth-order valence-electron chi connectivity index (χ4n) is 2.01. The number of halogens is 2. The molecular weight excluding hydrogens is 344 g/mol. The van der Waals surface area contributed by atoms with Gasteiger partial charge in [-0.1, -0.05) is 27.5 Å². The molecule has 0 saturated carbocycles. The number of hydrogen-bond donors (Lipinski definition) is 1. The van der Waals surface area contributed by atoms with E-state index in [-0.39, 0.29) is 5.56 Å². The number of carboxylic acids is 1. The van der Waals surface area contributed by atoms with E-state index in [9.17, 15) is 4.79 Å². The van der Waals surface area contributed by atoms with Crippen LogP contribution in [0.15, 0.2) is 47.2 Å². The number of rotatable bonds is 2. The van der Waals surface area contributed by atoms with Crippen LogP contribution in [0.2, 0.25) is 5.02 Å². The molecule has 100 valence electrons. The molecule has 3 aromatic rings. The number of benzene rings is 2. The average Bonchev–Trinajstić information content (AvgIpc) is 2.81. The number of hydrogen-bond acceptors (Lipinski definition) is 2. The lowest BCUT2D eigenvalue weighted by Crippen LogP contribution is -1.96. The van der Waals surface area contributed by atoms with Gasteiger partial charge in [0, 0.05) is 4.47 Å². The summed E-state index contributed by atoms with van der Waals surface area (Å²) >= 11 is 9.59. The molecule has 6 heteroatoms. The third-order valence-corrected chi connectivity index (χ3v) is 3.76. The van der Waals surface area contributed by atoms with Crippen molar-refractivity contribution < 1.29 is 9.90 Å². The normalized spacial score (nSPS) is 10.9. The van der Waals surface area contributed by atoms with Crippen LogP contribution in [0.5, 0.6) is 0 Å². The maximum atomic E-state index is 11.0. The van der Waals surface area contributed by atoms with Crippen LogP contribution in [0.4, 0.5) is 0 Å². The molecule has 0 aliphatic heterocycles. The Hall–Kier alpha value is -1.85. The number of imidazole rings is 1. The molecule has 0 spiro atoms. The van der Waals surface area contributed by atoms with E-state index in [4.69, 9.17) is 16.7 Å². The van der Waals surface area contributed by atoms with Gasteiger partial charge >= 0.3 is 5.97 Å². The Morgan fingerprint density at radius 2 is 2.05 bits per heavy atom. The highest BCUT2D eigenvalue weighted by Crippen LogP contribution is 2.27. The molecule has 0 saturated heterocycles. The number of carbonyl (C=O) groups is 1. The summed E-state index contributed by atoms with van der Waals surface area (Å²) in [6.45, 7) is 0. The number of fused-ring (bicyclic) bond motifs is 1. The molecule has 0 aliphatic carbocycles. The maximum absolute atomic E-state index is 11.0. The molecule has 4 nitrogen and oxygen atoms in total. The van der Waals surface area contributed by atoms with Gasteiger partial charge in [-0.3, -0.25) is 4.57 Å². The molecule has 2 aromatic carbocycles. The number of aromatic carboxylic acids is 1. The van der Waals surface area contributed by atoms with Crippen molar-refractivity contribution in [3.8, 4) is 5.69 Å². The topological polar surface area (TPSA) is 55.1 Å². The van der Waals surface area contributed by atoms with Crippen molar-refractivity contribution in [2.45, 2.75) is 0 Å². The van der Waals surface area contributed by atoms with Crippen LogP contribution in [-0.4, -0.2) is 20.6 Å². The smallest absolute Gasteiger partial charge is 0.335 e. The third kappa shape index (κ3) is 2.19. The molecule has 3 rings (SSSR count). The summed E-state index contributed by atoms with van der Waals surface area (Å²) < 4.78 is 2.72. The second-order valence-corrected chi connectivity index (χ2v) is 5.54. The first kappa shape index (κ1) is 13.1. The van der Waals surface area contributed by atoms with Crippen LogP contribution in [0.25, 0.3) is 16.7 Å². The summed E-state index contributed by atoms with van der Waals surface area (Å²) in [5.41, 5.74) is 2.42. The summed E-state index contributed by atoms with van der Waals surface area (Å²) in [7, 11) is 0. The Balaban J connectivity index is 2.20. The Morgan fingerprint density at radius 3 is 2.75 bits per heavy atom. The van der Waals surface area contributed by atoms with E-state index >= 15 is 0 Å².